The van der Waals surface area contributed by atoms with Crippen molar-refractivity contribution in [2.45, 2.75) is 39.2 Å². The minimum Gasteiger partial charge on any atom is -0.344 e. The Labute approximate surface area is 130 Å². The van der Waals surface area contributed by atoms with Gasteiger partial charge in [0, 0.05) is 10.4 Å². The molecule has 21 heavy (non-hydrogen) atoms. The lowest BCUT2D eigenvalue weighted by Crippen LogP contribution is -2.31. The van der Waals surface area contributed by atoms with E-state index in [-0.39, 0.29) is 11.9 Å². The number of hydrogen-bond donors (Lipinski definition) is 1. The van der Waals surface area contributed by atoms with Crippen molar-refractivity contribution in [2.24, 2.45) is 5.92 Å². The SMILES string of the molecule is CC(C)[C@@H](NC(=O)c1ccc2c(c1)CCC2)c1cccs1. The van der Waals surface area contributed by atoms with Crippen LogP contribution in [0.15, 0.2) is 35.7 Å². The molecular formula is C18H21NOS. The van der Waals surface area contributed by atoms with Gasteiger partial charge in [-0.25, -0.2) is 0 Å². The van der Waals surface area contributed by atoms with Crippen molar-refractivity contribution < 1.29 is 4.79 Å². The zero-order chi connectivity index (χ0) is 14.8. The molecular weight excluding hydrogens is 278 g/mol. The zero-order valence-electron chi connectivity index (χ0n) is 12.6. The van der Waals surface area contributed by atoms with Gasteiger partial charge in [-0.15, -0.1) is 11.3 Å². The van der Waals surface area contributed by atoms with E-state index in [2.05, 4.69) is 42.7 Å². The molecule has 1 aromatic heterocycles. The number of fused-ring (bicyclic) bond motifs is 1. The van der Waals surface area contributed by atoms with Crippen molar-refractivity contribution in [3.63, 3.8) is 0 Å². The maximum atomic E-state index is 12.5. The summed E-state index contributed by atoms with van der Waals surface area (Å²) in [5, 5.41) is 5.26. The van der Waals surface area contributed by atoms with Crippen LogP contribution in [0.5, 0.6) is 0 Å². The number of carbonyl (C=O) groups is 1. The van der Waals surface area contributed by atoms with E-state index < -0.39 is 0 Å². The summed E-state index contributed by atoms with van der Waals surface area (Å²) in [7, 11) is 0. The highest BCUT2D eigenvalue weighted by molar-refractivity contribution is 7.10. The number of aryl methyl sites for hydroxylation is 2. The molecule has 0 saturated heterocycles. The lowest BCUT2D eigenvalue weighted by atomic mass is 10.0. The topological polar surface area (TPSA) is 29.1 Å². The molecule has 1 aromatic carbocycles. The number of thiophene rings is 1. The van der Waals surface area contributed by atoms with Gasteiger partial charge in [-0.3, -0.25) is 4.79 Å². The lowest BCUT2D eigenvalue weighted by Gasteiger charge is -2.21. The molecule has 1 atom stereocenters. The second kappa shape index (κ2) is 6.02. The van der Waals surface area contributed by atoms with E-state index in [1.54, 1.807) is 11.3 Å². The molecule has 1 N–H and O–H groups in total. The number of carbonyl (C=O) groups excluding carboxylic acids is 1. The summed E-state index contributed by atoms with van der Waals surface area (Å²) in [5.41, 5.74) is 3.54. The van der Waals surface area contributed by atoms with Gasteiger partial charge in [0.2, 0.25) is 0 Å². The Morgan fingerprint density at radius 1 is 1.19 bits per heavy atom. The van der Waals surface area contributed by atoms with Crippen molar-refractivity contribution in [1.29, 1.82) is 0 Å². The van der Waals surface area contributed by atoms with Gasteiger partial charge >= 0.3 is 0 Å². The maximum absolute atomic E-state index is 12.5. The van der Waals surface area contributed by atoms with Gasteiger partial charge in [-0.05, 0) is 59.9 Å². The van der Waals surface area contributed by atoms with Gasteiger partial charge < -0.3 is 5.32 Å². The summed E-state index contributed by atoms with van der Waals surface area (Å²) in [6.07, 6.45) is 3.47. The van der Waals surface area contributed by atoms with Crippen LogP contribution in [0.4, 0.5) is 0 Å². The minimum atomic E-state index is 0.0387. The van der Waals surface area contributed by atoms with Crippen LogP contribution in [0.2, 0.25) is 0 Å². The van der Waals surface area contributed by atoms with Crippen molar-refractivity contribution >= 4 is 17.2 Å². The lowest BCUT2D eigenvalue weighted by molar-refractivity contribution is 0.0926. The molecule has 0 radical (unpaired) electrons. The molecule has 1 heterocycles. The van der Waals surface area contributed by atoms with Gasteiger partial charge in [-0.1, -0.05) is 26.0 Å². The third-order valence-corrected chi connectivity index (χ3v) is 5.12. The Kier molecular flexibility index (Phi) is 4.11. The third-order valence-electron chi connectivity index (χ3n) is 4.16. The smallest absolute Gasteiger partial charge is 0.251 e. The van der Waals surface area contributed by atoms with E-state index in [0.717, 1.165) is 18.4 Å². The summed E-state index contributed by atoms with van der Waals surface area (Å²) in [4.78, 5) is 13.8. The average molecular weight is 299 g/mol. The van der Waals surface area contributed by atoms with Gasteiger partial charge in [-0.2, -0.15) is 0 Å². The molecule has 0 aliphatic heterocycles. The van der Waals surface area contributed by atoms with Crippen LogP contribution in [0.25, 0.3) is 0 Å². The van der Waals surface area contributed by atoms with Gasteiger partial charge in [0.05, 0.1) is 6.04 Å². The van der Waals surface area contributed by atoms with E-state index in [1.165, 1.54) is 22.4 Å². The van der Waals surface area contributed by atoms with Crippen molar-refractivity contribution in [2.75, 3.05) is 0 Å². The normalized spacial score (nSPS) is 15.0. The standard InChI is InChI=1S/C18H21NOS/c1-12(2)17(16-7-4-10-21-16)19-18(20)15-9-8-13-5-3-6-14(13)11-15/h4,7-12,17H,3,5-6H2,1-2H3,(H,19,20)/t17-/m1/s1. The molecule has 0 unspecified atom stereocenters. The summed E-state index contributed by atoms with van der Waals surface area (Å²) < 4.78 is 0. The second-order valence-corrected chi connectivity index (χ2v) is 7.03. The molecule has 0 bridgehead atoms. The van der Waals surface area contributed by atoms with Crippen LogP contribution >= 0.6 is 11.3 Å². The van der Waals surface area contributed by atoms with Crippen LogP contribution in [-0.4, -0.2) is 5.91 Å². The fourth-order valence-electron chi connectivity index (χ4n) is 2.97. The predicted octanol–water partition coefficient (Wildman–Crippen LogP) is 4.36. The third kappa shape index (κ3) is 3.03. The summed E-state index contributed by atoms with van der Waals surface area (Å²) in [6.45, 7) is 4.29. The van der Waals surface area contributed by atoms with Crippen molar-refractivity contribution in [3.8, 4) is 0 Å². The average Bonchev–Trinajstić information content (AvgIpc) is 3.14. The molecule has 0 fully saturated rings. The summed E-state index contributed by atoms with van der Waals surface area (Å²) in [6, 6.07) is 10.4. The molecule has 2 nitrogen and oxygen atoms in total. The number of rotatable bonds is 4. The molecule has 1 aliphatic carbocycles. The Balaban J connectivity index is 1.78. The van der Waals surface area contributed by atoms with Crippen LogP contribution in [0.3, 0.4) is 0 Å². The molecule has 0 saturated carbocycles. The van der Waals surface area contributed by atoms with Crippen LogP contribution in [-0.2, 0) is 12.8 Å². The van der Waals surface area contributed by atoms with Crippen molar-refractivity contribution in [1.82, 2.24) is 5.32 Å². The summed E-state index contributed by atoms with van der Waals surface area (Å²) >= 11 is 1.70. The zero-order valence-corrected chi connectivity index (χ0v) is 13.4. The minimum absolute atomic E-state index is 0.0387. The van der Waals surface area contributed by atoms with E-state index in [4.69, 9.17) is 0 Å². The van der Waals surface area contributed by atoms with E-state index in [1.807, 2.05) is 12.1 Å². The highest BCUT2D eigenvalue weighted by atomic mass is 32.1. The Morgan fingerprint density at radius 2 is 2.00 bits per heavy atom. The first-order valence-corrected chi connectivity index (χ1v) is 8.49. The maximum Gasteiger partial charge on any atom is 0.251 e. The summed E-state index contributed by atoms with van der Waals surface area (Å²) in [5.74, 6) is 0.416. The molecule has 3 heteroatoms. The number of amides is 1. The molecule has 1 amide bonds. The second-order valence-electron chi connectivity index (χ2n) is 6.05. The van der Waals surface area contributed by atoms with E-state index in [0.29, 0.717) is 5.92 Å². The van der Waals surface area contributed by atoms with Crippen molar-refractivity contribution in [3.05, 3.63) is 57.3 Å². The van der Waals surface area contributed by atoms with E-state index in [9.17, 15) is 4.79 Å². The molecule has 3 rings (SSSR count). The van der Waals surface area contributed by atoms with Gasteiger partial charge in [0.1, 0.15) is 0 Å². The largest absolute Gasteiger partial charge is 0.344 e. The first kappa shape index (κ1) is 14.3. The molecule has 0 spiro atoms. The highest BCUT2D eigenvalue weighted by Gasteiger charge is 2.21. The fraction of sp³-hybridized carbons (Fsp3) is 0.389. The van der Waals surface area contributed by atoms with Gasteiger partial charge in [0.15, 0.2) is 0 Å². The number of nitrogens with one attached hydrogen (secondary N) is 1. The number of benzene rings is 1. The molecule has 1 aliphatic rings. The van der Waals surface area contributed by atoms with Crippen LogP contribution < -0.4 is 5.32 Å². The molecule has 2 aromatic rings. The Morgan fingerprint density at radius 3 is 2.71 bits per heavy atom. The quantitative estimate of drug-likeness (QED) is 0.892. The van der Waals surface area contributed by atoms with Gasteiger partial charge in [0.25, 0.3) is 5.91 Å². The molecule has 110 valence electrons. The predicted molar refractivity (Wildman–Crippen MR) is 87.8 cm³/mol. The van der Waals surface area contributed by atoms with Crippen LogP contribution in [0.1, 0.15) is 52.7 Å². The monoisotopic (exact) mass is 299 g/mol. The highest BCUT2D eigenvalue weighted by Crippen LogP contribution is 2.27. The first-order chi connectivity index (χ1) is 10.1. The first-order valence-electron chi connectivity index (χ1n) is 7.61. The number of hydrogen-bond acceptors (Lipinski definition) is 2. The van der Waals surface area contributed by atoms with E-state index >= 15 is 0 Å². The fourth-order valence-corrected chi connectivity index (χ4v) is 3.92. The Hall–Kier alpha value is -1.61. The Bertz CT molecular complexity index is 631. The van der Waals surface area contributed by atoms with Crippen LogP contribution in [0, 0.1) is 5.92 Å².